The second kappa shape index (κ2) is 6.46. The number of imidazole rings is 1. The number of carbonyl (C=O) groups is 1. The van der Waals surface area contributed by atoms with Gasteiger partial charge in [0.15, 0.2) is 0 Å². The third-order valence-electron chi connectivity index (χ3n) is 6.45. The van der Waals surface area contributed by atoms with Crippen molar-refractivity contribution in [3.05, 3.63) is 70.0 Å². The van der Waals surface area contributed by atoms with Gasteiger partial charge in [0.2, 0.25) is 0 Å². The van der Waals surface area contributed by atoms with Crippen molar-refractivity contribution in [2.45, 2.75) is 25.3 Å². The van der Waals surface area contributed by atoms with Crippen LogP contribution in [0.1, 0.15) is 34.6 Å². The molecule has 2 fully saturated rings. The lowest BCUT2D eigenvalue weighted by Gasteiger charge is -2.28. The number of nitrogens with zero attached hydrogens (tertiary/aromatic N) is 5. The lowest BCUT2D eigenvalue weighted by Crippen LogP contribution is -2.39. The van der Waals surface area contributed by atoms with Crippen molar-refractivity contribution < 1.29 is 9.18 Å². The molecule has 1 amide bonds. The van der Waals surface area contributed by atoms with Crippen molar-refractivity contribution in [3.63, 3.8) is 0 Å². The van der Waals surface area contributed by atoms with Crippen LogP contribution in [0.2, 0.25) is 0 Å². The highest BCUT2D eigenvalue weighted by Crippen LogP contribution is 2.62. The van der Waals surface area contributed by atoms with Gasteiger partial charge >= 0.3 is 0 Å². The van der Waals surface area contributed by atoms with Gasteiger partial charge in [-0.2, -0.15) is 15.0 Å². The van der Waals surface area contributed by atoms with Gasteiger partial charge in [0.1, 0.15) is 17.2 Å². The van der Waals surface area contributed by atoms with Crippen LogP contribution in [0.15, 0.2) is 47.2 Å². The molecule has 156 valence electrons. The van der Waals surface area contributed by atoms with Gasteiger partial charge in [-0.25, -0.2) is 9.37 Å². The Morgan fingerprint density at radius 3 is 2.84 bits per heavy atom. The maximum Gasteiger partial charge on any atom is 0.256 e. The Morgan fingerprint density at radius 2 is 2.06 bits per heavy atom. The molecule has 1 saturated carbocycles. The van der Waals surface area contributed by atoms with Crippen molar-refractivity contribution in [2.24, 2.45) is 5.92 Å². The molecule has 2 atom stereocenters. The number of likely N-dealkylation sites (tertiary alicyclic amines) is 1. The first-order valence-electron chi connectivity index (χ1n) is 10.1. The van der Waals surface area contributed by atoms with E-state index < -0.39 is 5.54 Å². The molecule has 0 radical (unpaired) electrons. The number of carbonyl (C=O) groups excluding carboxylic acids is 1. The summed E-state index contributed by atoms with van der Waals surface area (Å²) in [5, 5.41) is 8.42. The van der Waals surface area contributed by atoms with Gasteiger partial charge in [0, 0.05) is 12.6 Å². The van der Waals surface area contributed by atoms with Crippen LogP contribution in [0.5, 0.6) is 0 Å². The molecule has 7 nitrogen and oxygen atoms in total. The Labute approximate surface area is 185 Å². The first kappa shape index (κ1) is 18.7. The first-order valence-corrected chi connectivity index (χ1v) is 10.9. The molecule has 0 unspecified atom stereocenters. The van der Waals surface area contributed by atoms with E-state index >= 15 is 0 Å². The number of amides is 1. The predicted octanol–water partition coefficient (Wildman–Crippen LogP) is 4.11. The molecular formula is C22H18BrFN6O. The summed E-state index contributed by atoms with van der Waals surface area (Å²) in [4.78, 5) is 25.2. The highest BCUT2D eigenvalue weighted by atomic mass is 79.9. The molecule has 31 heavy (non-hydrogen) atoms. The van der Waals surface area contributed by atoms with Crippen molar-refractivity contribution in [2.75, 3.05) is 6.54 Å². The Bertz CT molecular complexity index is 1310. The second-order valence-electron chi connectivity index (χ2n) is 8.28. The van der Waals surface area contributed by atoms with E-state index in [-0.39, 0.29) is 11.7 Å². The molecule has 2 aliphatic rings. The van der Waals surface area contributed by atoms with Crippen LogP contribution in [0, 0.1) is 18.7 Å². The summed E-state index contributed by atoms with van der Waals surface area (Å²) in [6.45, 7) is 2.61. The zero-order chi connectivity index (χ0) is 21.3. The molecule has 3 heterocycles. The molecule has 2 aromatic heterocycles. The fourth-order valence-corrected chi connectivity index (χ4v) is 5.21. The summed E-state index contributed by atoms with van der Waals surface area (Å²) in [5.74, 6) is 0.651. The van der Waals surface area contributed by atoms with E-state index in [0.29, 0.717) is 33.7 Å². The van der Waals surface area contributed by atoms with Crippen molar-refractivity contribution in [1.82, 2.24) is 29.9 Å². The third-order valence-corrected chi connectivity index (χ3v) is 7.06. The number of piperidine rings is 1. The SMILES string of the molecule is Cc1ccc(-n2nccn2)c(C(=O)N2CC[C@@H]3C[C@@]32c2nc3cc(F)c(Br)cc3[nH]2)c1. The summed E-state index contributed by atoms with van der Waals surface area (Å²) in [6.07, 6.45) is 4.95. The second-order valence-corrected chi connectivity index (χ2v) is 9.13. The summed E-state index contributed by atoms with van der Waals surface area (Å²) in [5.41, 5.74) is 3.04. The Hall–Kier alpha value is -3.07. The lowest BCUT2D eigenvalue weighted by atomic mass is 10.1. The lowest BCUT2D eigenvalue weighted by molar-refractivity contribution is 0.0680. The third kappa shape index (κ3) is 2.69. The van der Waals surface area contributed by atoms with E-state index in [1.807, 2.05) is 30.0 Å². The van der Waals surface area contributed by atoms with E-state index in [1.165, 1.54) is 10.9 Å². The molecular weight excluding hydrogens is 463 g/mol. The number of H-pyrrole nitrogens is 1. The van der Waals surface area contributed by atoms with Crippen LogP contribution in [0.4, 0.5) is 4.39 Å². The monoisotopic (exact) mass is 480 g/mol. The fraction of sp³-hybridized carbons (Fsp3) is 0.273. The van der Waals surface area contributed by atoms with E-state index in [4.69, 9.17) is 0 Å². The average molecular weight is 481 g/mol. The van der Waals surface area contributed by atoms with E-state index in [0.717, 1.165) is 29.7 Å². The van der Waals surface area contributed by atoms with Gasteiger partial charge in [0.05, 0.1) is 39.2 Å². The van der Waals surface area contributed by atoms with Crippen LogP contribution in [0.3, 0.4) is 0 Å². The summed E-state index contributed by atoms with van der Waals surface area (Å²) < 4.78 is 14.4. The molecule has 9 heteroatoms. The highest BCUT2D eigenvalue weighted by molar-refractivity contribution is 9.10. The summed E-state index contributed by atoms with van der Waals surface area (Å²) >= 11 is 3.23. The van der Waals surface area contributed by atoms with Crippen LogP contribution in [0.25, 0.3) is 16.7 Å². The molecule has 1 N–H and O–H groups in total. The molecule has 0 bridgehead atoms. The molecule has 6 rings (SSSR count). The Balaban J connectivity index is 1.44. The standard InChI is InChI=1S/C22H18BrFN6O/c1-12-2-3-19(30-25-5-6-26-30)14(8-12)20(31)29-7-4-13-11-22(13,29)21-27-17-9-15(23)16(24)10-18(17)28-21/h2-3,5-6,8-10,13H,4,7,11H2,1H3,(H,27,28)/t13-,22+/m1/s1. The molecule has 1 saturated heterocycles. The van der Waals surface area contributed by atoms with Gasteiger partial charge in [0.25, 0.3) is 5.91 Å². The van der Waals surface area contributed by atoms with Gasteiger partial charge in [-0.05, 0) is 59.8 Å². The highest BCUT2D eigenvalue weighted by Gasteiger charge is 2.66. The number of hydrogen-bond acceptors (Lipinski definition) is 4. The van der Waals surface area contributed by atoms with Gasteiger partial charge < -0.3 is 9.88 Å². The maximum absolute atomic E-state index is 14.0. The molecule has 1 aliphatic carbocycles. The number of nitrogens with one attached hydrogen (secondary N) is 1. The average Bonchev–Trinajstić information content (AvgIpc) is 3.16. The normalized spacial score (nSPS) is 22.2. The van der Waals surface area contributed by atoms with Gasteiger partial charge in [-0.1, -0.05) is 11.6 Å². The van der Waals surface area contributed by atoms with E-state index in [9.17, 15) is 9.18 Å². The summed E-state index contributed by atoms with van der Waals surface area (Å²) in [7, 11) is 0. The van der Waals surface area contributed by atoms with Crippen molar-refractivity contribution in [3.8, 4) is 5.69 Å². The smallest absolute Gasteiger partial charge is 0.256 e. The largest absolute Gasteiger partial charge is 0.340 e. The number of fused-ring (bicyclic) bond motifs is 2. The van der Waals surface area contributed by atoms with Crippen LogP contribution in [-0.2, 0) is 5.54 Å². The van der Waals surface area contributed by atoms with Crippen LogP contribution in [-0.4, -0.2) is 42.3 Å². The maximum atomic E-state index is 14.0. The minimum Gasteiger partial charge on any atom is -0.340 e. The summed E-state index contributed by atoms with van der Waals surface area (Å²) in [6, 6.07) is 8.81. The van der Waals surface area contributed by atoms with Crippen molar-refractivity contribution in [1.29, 1.82) is 0 Å². The topological polar surface area (TPSA) is 79.7 Å². The minimum atomic E-state index is -0.475. The molecule has 4 aromatic rings. The number of aromatic nitrogens is 5. The molecule has 2 aromatic carbocycles. The zero-order valence-electron chi connectivity index (χ0n) is 16.6. The number of rotatable bonds is 3. The fourth-order valence-electron chi connectivity index (χ4n) is 4.86. The quantitative estimate of drug-likeness (QED) is 0.478. The number of aryl methyl sites for hydroxylation is 1. The molecule has 1 aliphatic heterocycles. The molecule has 0 spiro atoms. The Morgan fingerprint density at radius 1 is 1.26 bits per heavy atom. The number of hydrogen-bond donors (Lipinski definition) is 1. The van der Waals surface area contributed by atoms with Crippen LogP contribution >= 0.6 is 15.9 Å². The van der Waals surface area contributed by atoms with Crippen LogP contribution < -0.4 is 0 Å². The van der Waals surface area contributed by atoms with E-state index in [1.54, 1.807) is 18.5 Å². The van der Waals surface area contributed by atoms with Crippen molar-refractivity contribution >= 4 is 32.9 Å². The first-order chi connectivity index (χ1) is 15.0. The van der Waals surface area contributed by atoms with Gasteiger partial charge in [-0.15, -0.1) is 0 Å². The van der Waals surface area contributed by atoms with E-state index in [2.05, 4.69) is 36.1 Å². The Kier molecular flexibility index (Phi) is 3.89. The minimum absolute atomic E-state index is 0.0659. The predicted molar refractivity (Wildman–Crippen MR) is 115 cm³/mol. The number of benzene rings is 2. The van der Waals surface area contributed by atoms with Gasteiger partial charge in [-0.3, -0.25) is 4.79 Å². The zero-order valence-corrected chi connectivity index (χ0v) is 18.2. The number of halogens is 2. The number of aromatic amines is 1.